The number of rotatable bonds is 9. The zero-order valence-corrected chi connectivity index (χ0v) is 18.7. The number of methoxy groups -OCH3 is 1. The van der Waals surface area contributed by atoms with Gasteiger partial charge in [-0.15, -0.1) is 0 Å². The molecule has 0 aliphatic heterocycles. The number of carbonyl (C=O) groups excluding carboxylic acids is 2. The van der Waals surface area contributed by atoms with Gasteiger partial charge in [-0.05, 0) is 47.4 Å². The van der Waals surface area contributed by atoms with Crippen molar-refractivity contribution in [2.24, 2.45) is 0 Å². The lowest BCUT2D eigenvalue weighted by Gasteiger charge is -2.27. The van der Waals surface area contributed by atoms with Crippen molar-refractivity contribution in [1.29, 1.82) is 0 Å². The highest BCUT2D eigenvalue weighted by molar-refractivity contribution is 5.79. The minimum atomic E-state index is -0.431. The quantitative estimate of drug-likeness (QED) is 0.551. The average Bonchev–Trinajstić information content (AvgIpc) is 2.80. The van der Waals surface area contributed by atoms with Gasteiger partial charge in [-0.2, -0.15) is 0 Å². The van der Waals surface area contributed by atoms with Crippen LogP contribution in [0, 0.1) is 6.92 Å². The molecule has 6 heteroatoms. The van der Waals surface area contributed by atoms with Gasteiger partial charge in [0.25, 0.3) is 0 Å². The molecule has 1 atom stereocenters. The number of carbonyl (C=O) groups is 2. The van der Waals surface area contributed by atoms with Crippen LogP contribution in [0.4, 0.5) is 0 Å². The molecule has 1 heterocycles. The molecule has 0 saturated heterocycles. The number of benzene rings is 2. The third-order valence-electron chi connectivity index (χ3n) is 5.35. The third kappa shape index (κ3) is 6.41. The Bertz CT molecular complexity index is 1040. The van der Waals surface area contributed by atoms with E-state index < -0.39 is 6.04 Å². The van der Waals surface area contributed by atoms with Gasteiger partial charge in [0.1, 0.15) is 5.75 Å². The molecule has 1 aromatic heterocycles. The van der Waals surface area contributed by atoms with E-state index in [-0.39, 0.29) is 18.2 Å². The smallest absolute Gasteiger partial charge is 0.225 e. The van der Waals surface area contributed by atoms with Crippen molar-refractivity contribution in [2.75, 3.05) is 7.11 Å². The van der Waals surface area contributed by atoms with Crippen LogP contribution in [-0.4, -0.2) is 28.8 Å². The summed E-state index contributed by atoms with van der Waals surface area (Å²) in [6.45, 7) is 4.42. The second-order valence-corrected chi connectivity index (χ2v) is 7.77. The highest BCUT2D eigenvalue weighted by Crippen LogP contribution is 2.23. The first-order valence-corrected chi connectivity index (χ1v) is 10.6. The molecule has 1 N–H and O–H groups in total. The molecule has 2 amide bonds. The van der Waals surface area contributed by atoms with Crippen LogP contribution in [0.25, 0.3) is 0 Å². The van der Waals surface area contributed by atoms with Crippen LogP contribution < -0.4 is 10.1 Å². The molecule has 0 radical (unpaired) electrons. The normalized spacial score (nSPS) is 11.5. The summed E-state index contributed by atoms with van der Waals surface area (Å²) in [5, 5.41) is 2.92. The summed E-state index contributed by atoms with van der Waals surface area (Å²) >= 11 is 0. The fourth-order valence-electron chi connectivity index (χ4n) is 3.57. The monoisotopic (exact) mass is 431 g/mol. The van der Waals surface area contributed by atoms with E-state index in [0.29, 0.717) is 13.1 Å². The molecule has 0 saturated carbocycles. The van der Waals surface area contributed by atoms with E-state index in [0.717, 1.165) is 28.0 Å². The molecule has 0 spiro atoms. The van der Waals surface area contributed by atoms with Gasteiger partial charge in [0.05, 0.1) is 19.6 Å². The number of aromatic nitrogens is 1. The number of nitrogens with one attached hydrogen (secondary N) is 1. The number of hydrogen-bond acceptors (Lipinski definition) is 4. The maximum atomic E-state index is 13.5. The van der Waals surface area contributed by atoms with Crippen molar-refractivity contribution >= 4 is 11.8 Å². The van der Waals surface area contributed by atoms with Crippen LogP contribution in [0.1, 0.15) is 41.6 Å². The highest BCUT2D eigenvalue weighted by Gasteiger charge is 2.22. The molecule has 1 unspecified atom stereocenters. The van der Waals surface area contributed by atoms with E-state index >= 15 is 0 Å². The van der Waals surface area contributed by atoms with Gasteiger partial charge in [-0.25, -0.2) is 0 Å². The van der Waals surface area contributed by atoms with Crippen LogP contribution >= 0.6 is 0 Å². The Kier molecular flexibility index (Phi) is 7.97. The first kappa shape index (κ1) is 23.0. The maximum Gasteiger partial charge on any atom is 0.225 e. The maximum absolute atomic E-state index is 13.5. The van der Waals surface area contributed by atoms with Crippen molar-refractivity contribution in [3.8, 4) is 5.75 Å². The fourth-order valence-corrected chi connectivity index (χ4v) is 3.57. The van der Waals surface area contributed by atoms with E-state index in [4.69, 9.17) is 4.74 Å². The number of pyridine rings is 1. The second-order valence-electron chi connectivity index (χ2n) is 7.77. The fraction of sp³-hybridized carbons (Fsp3) is 0.269. The highest BCUT2D eigenvalue weighted by atomic mass is 16.5. The van der Waals surface area contributed by atoms with Crippen molar-refractivity contribution in [3.05, 3.63) is 95.3 Å². The molecule has 2 aromatic carbocycles. The van der Waals surface area contributed by atoms with E-state index in [1.54, 1.807) is 19.5 Å². The largest absolute Gasteiger partial charge is 0.497 e. The zero-order valence-electron chi connectivity index (χ0n) is 18.7. The van der Waals surface area contributed by atoms with Crippen LogP contribution in [0.15, 0.2) is 73.1 Å². The molecule has 0 fully saturated rings. The van der Waals surface area contributed by atoms with E-state index in [9.17, 15) is 9.59 Å². The van der Waals surface area contributed by atoms with Crippen LogP contribution in [0.2, 0.25) is 0 Å². The third-order valence-corrected chi connectivity index (χ3v) is 5.35. The van der Waals surface area contributed by atoms with Crippen LogP contribution in [0.3, 0.4) is 0 Å². The van der Waals surface area contributed by atoms with E-state index in [2.05, 4.69) is 10.3 Å². The summed E-state index contributed by atoms with van der Waals surface area (Å²) in [6.07, 6.45) is 3.64. The number of amides is 2. The molecule has 3 aromatic rings. The van der Waals surface area contributed by atoms with Gasteiger partial charge in [-0.1, -0.05) is 42.5 Å². The Morgan fingerprint density at radius 2 is 1.78 bits per heavy atom. The van der Waals surface area contributed by atoms with Gasteiger partial charge in [0.15, 0.2) is 0 Å². The predicted molar refractivity (Wildman–Crippen MR) is 124 cm³/mol. The molecular formula is C26H29N3O3. The first-order valence-electron chi connectivity index (χ1n) is 10.6. The number of hydrogen-bond donors (Lipinski definition) is 1. The molecule has 6 nitrogen and oxygen atoms in total. The topological polar surface area (TPSA) is 71.5 Å². The minimum absolute atomic E-state index is 0.0494. The van der Waals surface area contributed by atoms with Gasteiger partial charge in [0.2, 0.25) is 11.8 Å². The Labute approximate surface area is 189 Å². The summed E-state index contributed by atoms with van der Waals surface area (Å²) in [5.74, 6) is 0.488. The van der Waals surface area contributed by atoms with Gasteiger partial charge < -0.3 is 15.0 Å². The molecule has 0 bridgehead atoms. The lowest BCUT2D eigenvalue weighted by Crippen LogP contribution is -2.35. The second kappa shape index (κ2) is 11.1. The van der Waals surface area contributed by atoms with Crippen LogP contribution in [0.5, 0.6) is 5.75 Å². The Morgan fingerprint density at radius 3 is 2.41 bits per heavy atom. The molecular weight excluding hydrogens is 402 g/mol. The lowest BCUT2D eigenvalue weighted by atomic mass is 10.0. The van der Waals surface area contributed by atoms with Gasteiger partial charge in [0, 0.05) is 32.4 Å². The summed E-state index contributed by atoms with van der Waals surface area (Å²) in [6, 6.07) is 18.8. The molecule has 32 heavy (non-hydrogen) atoms. The summed E-state index contributed by atoms with van der Waals surface area (Å²) in [7, 11) is 1.60. The average molecular weight is 432 g/mol. The molecule has 0 aliphatic rings. The van der Waals surface area contributed by atoms with Gasteiger partial charge in [-0.3, -0.25) is 14.6 Å². The van der Waals surface area contributed by atoms with Crippen molar-refractivity contribution in [2.45, 2.75) is 39.4 Å². The summed E-state index contributed by atoms with van der Waals surface area (Å²) in [4.78, 5) is 31.3. The predicted octanol–water partition coefficient (Wildman–Crippen LogP) is 4.19. The standard InChI is InChI=1S/C26H29N3O3/c1-19-7-4-5-9-23(19)18-29(17-21-8-6-14-27-16-21)26(31)15-25(28-20(2)30)22-10-12-24(32-3)13-11-22/h4-14,16,25H,15,17-18H2,1-3H3,(H,28,30). The van der Waals surface area contributed by atoms with Crippen LogP contribution in [-0.2, 0) is 22.7 Å². The zero-order chi connectivity index (χ0) is 22.9. The molecule has 3 rings (SSSR count). The Balaban J connectivity index is 1.84. The first-order chi connectivity index (χ1) is 15.5. The van der Waals surface area contributed by atoms with Crippen molar-refractivity contribution < 1.29 is 14.3 Å². The van der Waals surface area contributed by atoms with Gasteiger partial charge >= 0.3 is 0 Å². The summed E-state index contributed by atoms with van der Waals surface area (Å²) in [5.41, 5.74) is 4.02. The number of aryl methyl sites for hydroxylation is 1. The SMILES string of the molecule is COc1ccc(C(CC(=O)N(Cc2cccnc2)Cc2ccccc2C)NC(C)=O)cc1. The Morgan fingerprint density at radius 1 is 1.03 bits per heavy atom. The van der Waals surface area contributed by atoms with Crippen molar-refractivity contribution in [1.82, 2.24) is 15.2 Å². The van der Waals surface area contributed by atoms with E-state index in [1.165, 1.54) is 6.92 Å². The van der Waals surface area contributed by atoms with Crippen molar-refractivity contribution in [3.63, 3.8) is 0 Å². The number of ether oxygens (including phenoxy) is 1. The molecule has 166 valence electrons. The molecule has 0 aliphatic carbocycles. The lowest BCUT2D eigenvalue weighted by molar-refractivity contribution is -0.133. The minimum Gasteiger partial charge on any atom is -0.497 e. The number of nitrogens with zero attached hydrogens (tertiary/aromatic N) is 2. The Hall–Kier alpha value is -3.67. The summed E-state index contributed by atoms with van der Waals surface area (Å²) < 4.78 is 5.22. The van der Waals surface area contributed by atoms with E-state index in [1.807, 2.05) is 72.5 Å².